The Morgan fingerprint density at radius 3 is 1.80 bits per heavy atom. The average Bonchev–Trinajstić information content (AvgIpc) is 2.88. The van der Waals surface area contributed by atoms with Gasteiger partial charge in [0.15, 0.2) is 0 Å². The van der Waals surface area contributed by atoms with E-state index in [-0.39, 0.29) is 17.7 Å². The van der Waals surface area contributed by atoms with Gasteiger partial charge in [-0.2, -0.15) is 39.5 Å². The van der Waals surface area contributed by atoms with E-state index in [9.17, 15) is 48.0 Å². The molecule has 216 valence electrons. The lowest BCUT2D eigenvalue weighted by Gasteiger charge is -2.18. The second-order valence-electron chi connectivity index (χ2n) is 8.13. The first-order chi connectivity index (χ1) is 18.4. The summed E-state index contributed by atoms with van der Waals surface area (Å²) in [6, 6.07) is 8.87. The first kappa shape index (κ1) is 30.9. The molecule has 0 saturated heterocycles. The minimum absolute atomic E-state index is 0.242. The zero-order valence-electron chi connectivity index (χ0n) is 20.2. The maximum Gasteiger partial charge on any atom is 0.416 e. The number of benzene rings is 3. The fraction of sp³-hybridized carbons (Fsp3) is 0.208. The van der Waals surface area contributed by atoms with Crippen molar-refractivity contribution in [3.8, 4) is 5.75 Å². The van der Waals surface area contributed by atoms with Gasteiger partial charge in [-0.25, -0.2) is 8.42 Å². The summed E-state index contributed by atoms with van der Waals surface area (Å²) in [7, 11) is -8.33. The van der Waals surface area contributed by atoms with E-state index in [1.54, 1.807) is 0 Å². The number of ether oxygens (including phenoxy) is 1. The summed E-state index contributed by atoms with van der Waals surface area (Å²) in [6.07, 6.45) is -9.97. The van der Waals surface area contributed by atoms with E-state index < -0.39 is 65.4 Å². The average molecular weight is 612 g/mol. The van der Waals surface area contributed by atoms with Crippen molar-refractivity contribution in [3.63, 3.8) is 0 Å². The Balaban J connectivity index is 1.79. The van der Waals surface area contributed by atoms with Gasteiger partial charge in [0, 0.05) is 0 Å². The van der Waals surface area contributed by atoms with Gasteiger partial charge < -0.3 is 8.92 Å². The van der Waals surface area contributed by atoms with Crippen LogP contribution in [0.15, 0.2) is 82.6 Å². The van der Waals surface area contributed by atoms with Gasteiger partial charge in [0.1, 0.15) is 16.7 Å². The fourth-order valence-corrected chi connectivity index (χ4v) is 5.54. The molecule has 0 bridgehead atoms. The molecule has 0 amide bonds. The van der Waals surface area contributed by atoms with Gasteiger partial charge in [-0.05, 0) is 60.5 Å². The molecule has 0 aromatic heterocycles. The number of rotatable bonds is 9. The molecular formula is C24H19F6NO7S2. The van der Waals surface area contributed by atoms with Crippen molar-refractivity contribution in [3.05, 3.63) is 89.5 Å². The smallest absolute Gasteiger partial charge is 0.416 e. The maximum atomic E-state index is 13.0. The Morgan fingerprint density at radius 2 is 1.30 bits per heavy atom. The van der Waals surface area contributed by atoms with Crippen LogP contribution in [0.3, 0.4) is 0 Å². The number of hydrogen-bond acceptors (Lipinski definition) is 7. The standard InChI is InChI=1S/C24H19F6NO7S2/c1-37-22(32)21(31-39(33,34)19-6-2-4-16(13-19)23(25,26)27)12-15-8-10-18(11-9-15)38-40(35,36)20-7-3-5-17(14-20)24(28,29)30/h2-11,13-14,21,31H,12H2,1H3. The number of halogens is 6. The molecule has 1 N–H and O–H groups in total. The summed E-state index contributed by atoms with van der Waals surface area (Å²) in [4.78, 5) is 10.7. The van der Waals surface area contributed by atoms with E-state index in [1.807, 2.05) is 4.72 Å². The van der Waals surface area contributed by atoms with E-state index in [1.165, 1.54) is 12.1 Å². The molecule has 1 unspecified atom stereocenters. The van der Waals surface area contributed by atoms with Crippen LogP contribution in [0, 0.1) is 0 Å². The van der Waals surface area contributed by atoms with Crippen LogP contribution in [0.1, 0.15) is 16.7 Å². The highest BCUT2D eigenvalue weighted by molar-refractivity contribution is 7.89. The summed E-state index contributed by atoms with van der Waals surface area (Å²) in [5.74, 6) is -1.37. The van der Waals surface area contributed by atoms with Crippen LogP contribution < -0.4 is 8.91 Å². The van der Waals surface area contributed by atoms with Gasteiger partial charge in [0.05, 0.1) is 23.1 Å². The molecule has 1 atom stereocenters. The van der Waals surface area contributed by atoms with Crippen LogP contribution in [0.4, 0.5) is 26.3 Å². The maximum absolute atomic E-state index is 13.0. The quantitative estimate of drug-likeness (QED) is 0.214. The molecule has 3 rings (SSSR count). The number of sulfonamides is 1. The highest BCUT2D eigenvalue weighted by Gasteiger charge is 2.34. The van der Waals surface area contributed by atoms with Gasteiger partial charge in [-0.15, -0.1) is 0 Å². The summed E-state index contributed by atoms with van der Waals surface area (Å²) in [6.45, 7) is 0. The SMILES string of the molecule is COC(=O)C(Cc1ccc(OS(=O)(=O)c2cccc(C(F)(F)F)c2)cc1)NS(=O)(=O)c1cccc(C(F)(F)F)c1. The van der Waals surface area contributed by atoms with Crippen molar-refractivity contribution in [2.45, 2.75) is 34.6 Å². The molecule has 0 aliphatic rings. The number of esters is 1. The van der Waals surface area contributed by atoms with Crippen molar-refractivity contribution < 1.29 is 56.9 Å². The van der Waals surface area contributed by atoms with Gasteiger partial charge in [0.25, 0.3) is 0 Å². The summed E-state index contributed by atoms with van der Waals surface area (Å²) < 4.78 is 140. The van der Waals surface area contributed by atoms with Gasteiger partial charge in [-0.3, -0.25) is 4.79 Å². The second kappa shape index (κ2) is 11.5. The molecule has 8 nitrogen and oxygen atoms in total. The first-order valence-corrected chi connectivity index (χ1v) is 13.8. The van der Waals surface area contributed by atoms with E-state index in [4.69, 9.17) is 4.18 Å². The molecule has 0 spiro atoms. The van der Waals surface area contributed by atoms with Crippen LogP contribution in [-0.2, 0) is 48.4 Å². The minimum atomic E-state index is -4.81. The normalized spacial score (nSPS) is 13.5. The van der Waals surface area contributed by atoms with Crippen LogP contribution in [0.25, 0.3) is 0 Å². The second-order valence-corrected chi connectivity index (χ2v) is 11.4. The Hall–Kier alpha value is -3.63. The Bertz CT molecular complexity index is 1590. The third-order valence-electron chi connectivity index (χ3n) is 5.27. The van der Waals surface area contributed by atoms with E-state index in [2.05, 4.69) is 4.74 Å². The summed E-state index contributed by atoms with van der Waals surface area (Å²) in [5.41, 5.74) is -2.18. The van der Waals surface area contributed by atoms with Gasteiger partial charge in [0.2, 0.25) is 10.0 Å². The topological polar surface area (TPSA) is 116 Å². The fourth-order valence-electron chi connectivity index (χ4n) is 3.33. The molecule has 0 fully saturated rings. The molecular weight excluding hydrogens is 592 g/mol. The lowest BCUT2D eigenvalue weighted by molar-refractivity contribution is -0.142. The number of methoxy groups -OCH3 is 1. The summed E-state index contributed by atoms with van der Waals surface area (Å²) in [5, 5.41) is 0. The zero-order valence-corrected chi connectivity index (χ0v) is 21.8. The number of carbonyl (C=O) groups excluding carboxylic acids is 1. The molecule has 0 saturated carbocycles. The lowest BCUT2D eigenvalue weighted by atomic mass is 10.1. The van der Waals surface area contributed by atoms with E-state index in [0.717, 1.165) is 43.5 Å². The molecule has 0 heterocycles. The molecule has 0 radical (unpaired) electrons. The molecule has 3 aromatic rings. The van der Waals surface area contributed by atoms with E-state index >= 15 is 0 Å². The molecule has 0 aliphatic heterocycles. The number of nitrogens with one attached hydrogen (secondary N) is 1. The van der Waals surface area contributed by atoms with Crippen molar-refractivity contribution in [1.82, 2.24) is 4.72 Å². The Kier molecular flexibility index (Phi) is 8.86. The van der Waals surface area contributed by atoms with Crippen molar-refractivity contribution in [1.29, 1.82) is 0 Å². The zero-order chi connectivity index (χ0) is 29.9. The molecule has 0 aliphatic carbocycles. The Morgan fingerprint density at radius 1 is 0.800 bits per heavy atom. The predicted octanol–water partition coefficient (Wildman–Crippen LogP) is 4.55. The predicted molar refractivity (Wildman–Crippen MR) is 127 cm³/mol. The van der Waals surface area contributed by atoms with Crippen LogP contribution in [-0.4, -0.2) is 36.0 Å². The third-order valence-corrected chi connectivity index (χ3v) is 7.99. The van der Waals surface area contributed by atoms with Gasteiger partial charge in [-0.1, -0.05) is 24.3 Å². The molecule has 16 heteroatoms. The van der Waals surface area contributed by atoms with Crippen molar-refractivity contribution >= 4 is 26.1 Å². The van der Waals surface area contributed by atoms with Gasteiger partial charge >= 0.3 is 28.4 Å². The number of carbonyl (C=O) groups is 1. The largest absolute Gasteiger partial charge is 0.468 e. The van der Waals surface area contributed by atoms with E-state index in [0.29, 0.717) is 24.3 Å². The first-order valence-electron chi connectivity index (χ1n) is 10.9. The third kappa shape index (κ3) is 7.73. The highest BCUT2D eigenvalue weighted by atomic mass is 32.2. The highest BCUT2D eigenvalue weighted by Crippen LogP contribution is 2.32. The molecule has 40 heavy (non-hydrogen) atoms. The van der Waals surface area contributed by atoms with Crippen LogP contribution >= 0.6 is 0 Å². The summed E-state index contributed by atoms with van der Waals surface area (Å²) >= 11 is 0. The monoisotopic (exact) mass is 611 g/mol. The lowest BCUT2D eigenvalue weighted by Crippen LogP contribution is -2.43. The number of hydrogen-bond donors (Lipinski definition) is 1. The molecule has 3 aromatic carbocycles. The minimum Gasteiger partial charge on any atom is -0.468 e. The Labute approximate surface area is 224 Å². The van der Waals surface area contributed by atoms with Crippen LogP contribution in [0.5, 0.6) is 5.75 Å². The van der Waals surface area contributed by atoms with Crippen LogP contribution in [0.2, 0.25) is 0 Å². The number of alkyl halides is 6. The van der Waals surface area contributed by atoms with Crippen molar-refractivity contribution in [2.75, 3.05) is 7.11 Å². The van der Waals surface area contributed by atoms with Crippen molar-refractivity contribution in [2.24, 2.45) is 0 Å².